The summed E-state index contributed by atoms with van der Waals surface area (Å²) in [6.45, 7) is 8.00. The van der Waals surface area contributed by atoms with Crippen molar-refractivity contribution in [2.75, 3.05) is 26.7 Å². The molecule has 2 aromatic rings. The lowest BCUT2D eigenvalue weighted by atomic mass is 9.91. The second-order valence-corrected chi connectivity index (χ2v) is 9.70. The van der Waals surface area contributed by atoms with Gasteiger partial charge in [0.1, 0.15) is 5.60 Å². The number of likely N-dealkylation sites (tertiary alicyclic amines) is 1. The minimum Gasteiger partial charge on any atom is -0.466 e. The standard InChI is InChI=1S/C29H34N2O4/c1-20-24(27(32)34-4)17-25(21(2)30-20)28(33)35-29(3)15-16-31(19-29)18-26(22-11-7-5-8-12-22)23-13-9-6-10-14-23/h5-14,26,30H,15-19H2,1-4H3. The van der Waals surface area contributed by atoms with Gasteiger partial charge in [-0.15, -0.1) is 0 Å². The smallest absolute Gasteiger partial charge is 0.336 e. The molecule has 2 aliphatic heterocycles. The number of nitrogens with zero attached hydrogens (tertiary/aromatic N) is 1. The Morgan fingerprint density at radius 2 is 1.49 bits per heavy atom. The SMILES string of the molecule is COC(=O)C1=C(C)NC(C)=C(C(=O)OC2(C)CCN(CC(c3ccccc3)c3ccccc3)C2)C1. The van der Waals surface area contributed by atoms with E-state index < -0.39 is 11.6 Å². The highest BCUT2D eigenvalue weighted by Gasteiger charge is 2.39. The highest BCUT2D eigenvalue weighted by molar-refractivity contribution is 5.96. The Bertz CT molecular complexity index is 1100. The Kier molecular flexibility index (Phi) is 7.41. The number of esters is 2. The van der Waals surface area contributed by atoms with E-state index in [0.29, 0.717) is 29.1 Å². The second-order valence-electron chi connectivity index (χ2n) is 9.70. The van der Waals surface area contributed by atoms with E-state index in [1.807, 2.05) is 32.9 Å². The molecule has 2 aromatic carbocycles. The first kappa shape index (κ1) is 24.7. The third-order valence-corrected chi connectivity index (χ3v) is 7.01. The second kappa shape index (κ2) is 10.5. The Balaban J connectivity index is 1.45. The van der Waals surface area contributed by atoms with Gasteiger partial charge >= 0.3 is 11.9 Å². The van der Waals surface area contributed by atoms with Gasteiger partial charge in [-0.05, 0) is 31.9 Å². The van der Waals surface area contributed by atoms with Gasteiger partial charge in [-0.3, -0.25) is 4.90 Å². The van der Waals surface area contributed by atoms with E-state index in [2.05, 4.69) is 58.7 Å². The Morgan fingerprint density at radius 3 is 2.03 bits per heavy atom. The van der Waals surface area contributed by atoms with Crippen LogP contribution < -0.4 is 5.32 Å². The fourth-order valence-electron chi connectivity index (χ4n) is 5.03. The molecule has 184 valence electrons. The zero-order valence-corrected chi connectivity index (χ0v) is 21.0. The highest BCUT2D eigenvalue weighted by atomic mass is 16.6. The van der Waals surface area contributed by atoms with E-state index in [-0.39, 0.29) is 18.3 Å². The molecule has 0 radical (unpaired) electrons. The number of carbonyl (C=O) groups is 2. The molecule has 0 aliphatic carbocycles. The molecular weight excluding hydrogens is 440 g/mol. The largest absolute Gasteiger partial charge is 0.466 e. The van der Waals surface area contributed by atoms with Gasteiger partial charge in [0.25, 0.3) is 0 Å². The number of hydrogen-bond donors (Lipinski definition) is 1. The van der Waals surface area contributed by atoms with Crippen LogP contribution in [0.3, 0.4) is 0 Å². The normalized spacial score (nSPS) is 20.7. The molecule has 6 heteroatoms. The van der Waals surface area contributed by atoms with E-state index in [9.17, 15) is 9.59 Å². The van der Waals surface area contributed by atoms with Crippen molar-refractivity contribution in [2.24, 2.45) is 0 Å². The number of dihydropyridines is 1. The Morgan fingerprint density at radius 1 is 0.943 bits per heavy atom. The van der Waals surface area contributed by atoms with Crippen LogP contribution in [0.2, 0.25) is 0 Å². The van der Waals surface area contributed by atoms with Crippen molar-refractivity contribution >= 4 is 11.9 Å². The predicted molar refractivity (Wildman–Crippen MR) is 135 cm³/mol. The zero-order valence-electron chi connectivity index (χ0n) is 21.0. The van der Waals surface area contributed by atoms with Crippen LogP contribution in [0.1, 0.15) is 50.7 Å². The Labute approximate surface area is 207 Å². The molecule has 1 atom stereocenters. The lowest BCUT2D eigenvalue weighted by Gasteiger charge is -2.29. The topological polar surface area (TPSA) is 67.9 Å². The predicted octanol–water partition coefficient (Wildman–Crippen LogP) is 4.54. The molecule has 1 saturated heterocycles. The number of allylic oxidation sites excluding steroid dienone is 2. The van der Waals surface area contributed by atoms with E-state index >= 15 is 0 Å². The first-order chi connectivity index (χ1) is 16.8. The van der Waals surface area contributed by atoms with Crippen molar-refractivity contribution < 1.29 is 19.1 Å². The van der Waals surface area contributed by atoms with Crippen molar-refractivity contribution in [3.8, 4) is 0 Å². The van der Waals surface area contributed by atoms with Crippen LogP contribution in [0.5, 0.6) is 0 Å². The van der Waals surface area contributed by atoms with Crippen LogP contribution in [0.25, 0.3) is 0 Å². The quantitative estimate of drug-likeness (QED) is 0.595. The van der Waals surface area contributed by atoms with Crippen molar-refractivity contribution in [1.29, 1.82) is 0 Å². The van der Waals surface area contributed by atoms with Crippen LogP contribution in [0.15, 0.2) is 83.2 Å². The maximum Gasteiger partial charge on any atom is 0.336 e. The maximum absolute atomic E-state index is 13.2. The van der Waals surface area contributed by atoms with Gasteiger partial charge in [0.15, 0.2) is 0 Å². The van der Waals surface area contributed by atoms with Crippen molar-refractivity contribution in [2.45, 2.75) is 45.1 Å². The third-order valence-electron chi connectivity index (χ3n) is 7.01. The molecule has 2 aliphatic rings. The molecule has 0 spiro atoms. The summed E-state index contributed by atoms with van der Waals surface area (Å²) in [6, 6.07) is 21.1. The molecule has 0 aromatic heterocycles. The fourth-order valence-corrected chi connectivity index (χ4v) is 5.03. The van der Waals surface area contributed by atoms with Crippen LogP contribution in [-0.2, 0) is 19.1 Å². The highest BCUT2D eigenvalue weighted by Crippen LogP contribution is 2.33. The molecule has 0 amide bonds. The van der Waals surface area contributed by atoms with Crippen LogP contribution >= 0.6 is 0 Å². The first-order valence-corrected chi connectivity index (χ1v) is 12.1. The summed E-state index contributed by atoms with van der Waals surface area (Å²) in [5.74, 6) is -0.575. The number of ether oxygens (including phenoxy) is 2. The molecule has 2 heterocycles. The first-order valence-electron chi connectivity index (χ1n) is 12.1. The van der Waals surface area contributed by atoms with E-state index in [4.69, 9.17) is 9.47 Å². The monoisotopic (exact) mass is 474 g/mol. The Hall–Kier alpha value is -3.38. The van der Waals surface area contributed by atoms with E-state index in [0.717, 1.165) is 19.5 Å². The number of rotatable bonds is 7. The van der Waals surface area contributed by atoms with Gasteiger partial charge in [0.05, 0.1) is 18.3 Å². The summed E-state index contributed by atoms with van der Waals surface area (Å²) in [5.41, 5.74) is 4.30. The average molecular weight is 475 g/mol. The molecule has 0 bridgehead atoms. The maximum atomic E-state index is 13.2. The number of hydrogen-bond acceptors (Lipinski definition) is 6. The molecule has 6 nitrogen and oxygen atoms in total. The molecule has 1 fully saturated rings. The van der Waals surface area contributed by atoms with Gasteiger partial charge in [0, 0.05) is 49.8 Å². The summed E-state index contributed by atoms with van der Waals surface area (Å²) in [7, 11) is 1.35. The van der Waals surface area contributed by atoms with Crippen LogP contribution in [0, 0.1) is 0 Å². The van der Waals surface area contributed by atoms with Gasteiger partial charge in [-0.25, -0.2) is 9.59 Å². The fraction of sp³-hybridized carbons (Fsp3) is 0.379. The number of nitrogens with one attached hydrogen (secondary N) is 1. The summed E-state index contributed by atoms with van der Waals surface area (Å²) in [5, 5.41) is 3.13. The van der Waals surface area contributed by atoms with Gasteiger partial charge in [0.2, 0.25) is 0 Å². The van der Waals surface area contributed by atoms with Crippen LogP contribution in [-0.4, -0.2) is 49.2 Å². The zero-order chi connectivity index (χ0) is 25.0. The number of methoxy groups -OCH3 is 1. The van der Waals surface area contributed by atoms with E-state index in [1.54, 1.807) is 0 Å². The lowest BCUT2D eigenvalue weighted by molar-refractivity contribution is -0.152. The molecular formula is C29H34N2O4. The molecule has 1 N–H and O–H groups in total. The van der Waals surface area contributed by atoms with Gasteiger partial charge in [-0.1, -0.05) is 60.7 Å². The van der Waals surface area contributed by atoms with Crippen LogP contribution in [0.4, 0.5) is 0 Å². The number of carbonyl (C=O) groups excluding carboxylic acids is 2. The minimum atomic E-state index is -0.593. The number of benzene rings is 2. The van der Waals surface area contributed by atoms with E-state index in [1.165, 1.54) is 18.2 Å². The molecule has 35 heavy (non-hydrogen) atoms. The van der Waals surface area contributed by atoms with Crippen molar-refractivity contribution in [3.63, 3.8) is 0 Å². The molecule has 0 saturated carbocycles. The van der Waals surface area contributed by atoms with Crippen molar-refractivity contribution in [1.82, 2.24) is 10.2 Å². The molecule has 4 rings (SSSR count). The summed E-state index contributed by atoms with van der Waals surface area (Å²) < 4.78 is 11.0. The van der Waals surface area contributed by atoms with Gasteiger partial charge < -0.3 is 14.8 Å². The minimum absolute atomic E-state index is 0.208. The average Bonchev–Trinajstić information content (AvgIpc) is 3.23. The summed E-state index contributed by atoms with van der Waals surface area (Å²) in [4.78, 5) is 27.7. The molecule has 1 unspecified atom stereocenters. The summed E-state index contributed by atoms with van der Waals surface area (Å²) in [6.07, 6.45) is 0.966. The van der Waals surface area contributed by atoms with Gasteiger partial charge in [-0.2, -0.15) is 0 Å². The lowest BCUT2D eigenvalue weighted by Crippen LogP contribution is -2.38. The summed E-state index contributed by atoms with van der Waals surface area (Å²) >= 11 is 0. The van der Waals surface area contributed by atoms with Crippen molar-refractivity contribution in [3.05, 3.63) is 94.3 Å². The third kappa shape index (κ3) is 5.65.